The summed E-state index contributed by atoms with van der Waals surface area (Å²) in [7, 11) is 0. The number of aryl methyl sites for hydroxylation is 2. The zero-order valence-electron chi connectivity index (χ0n) is 16.1. The van der Waals surface area contributed by atoms with Crippen LogP contribution in [0.3, 0.4) is 0 Å². The van der Waals surface area contributed by atoms with Crippen molar-refractivity contribution in [3.63, 3.8) is 0 Å². The second-order valence-corrected chi connectivity index (χ2v) is 8.89. The van der Waals surface area contributed by atoms with Crippen LogP contribution in [0.25, 0.3) is 0 Å². The molecule has 0 fully saturated rings. The van der Waals surface area contributed by atoms with E-state index in [-0.39, 0.29) is 17.2 Å². The molecule has 0 spiro atoms. The summed E-state index contributed by atoms with van der Waals surface area (Å²) in [4.78, 5) is 14.0. The van der Waals surface area contributed by atoms with Gasteiger partial charge in [0.1, 0.15) is 0 Å². The predicted molar refractivity (Wildman–Crippen MR) is 116 cm³/mol. The molecule has 0 heterocycles. The van der Waals surface area contributed by atoms with Crippen molar-refractivity contribution in [3.8, 4) is 0 Å². The third-order valence-corrected chi connectivity index (χ3v) is 6.88. The van der Waals surface area contributed by atoms with Gasteiger partial charge in [-0.05, 0) is 79.5 Å². The molecule has 1 amide bonds. The lowest BCUT2D eigenvalue weighted by atomic mass is 9.89. The van der Waals surface area contributed by atoms with E-state index >= 15 is 0 Å². The van der Waals surface area contributed by atoms with E-state index in [0.29, 0.717) is 0 Å². The number of amides is 1. The maximum absolute atomic E-state index is 12.9. The maximum atomic E-state index is 12.9. The van der Waals surface area contributed by atoms with Crippen molar-refractivity contribution in [2.45, 2.75) is 68.6 Å². The smallest absolute Gasteiger partial charge is 0.233 e. The highest BCUT2D eigenvalue weighted by Crippen LogP contribution is 2.29. The van der Waals surface area contributed by atoms with Crippen LogP contribution >= 0.6 is 23.4 Å². The molecule has 4 heteroatoms. The van der Waals surface area contributed by atoms with Gasteiger partial charge in [0.15, 0.2) is 0 Å². The Hall–Kier alpha value is -1.45. The molecule has 1 N–H and O–H groups in total. The monoisotopic (exact) mass is 401 g/mol. The summed E-state index contributed by atoms with van der Waals surface area (Å²) in [6.45, 7) is 4.20. The van der Waals surface area contributed by atoms with Crippen LogP contribution in [0.5, 0.6) is 0 Å². The van der Waals surface area contributed by atoms with Gasteiger partial charge in [-0.25, -0.2) is 0 Å². The van der Waals surface area contributed by atoms with Gasteiger partial charge in [-0.15, -0.1) is 11.8 Å². The molecule has 0 saturated heterocycles. The van der Waals surface area contributed by atoms with Gasteiger partial charge in [-0.2, -0.15) is 0 Å². The minimum absolute atomic E-state index is 0.0737. The molecule has 0 aromatic heterocycles. The number of carbonyl (C=O) groups excluding carboxylic acids is 1. The Morgan fingerprint density at radius 2 is 1.74 bits per heavy atom. The van der Waals surface area contributed by atoms with Crippen LogP contribution < -0.4 is 5.32 Å². The van der Waals surface area contributed by atoms with E-state index in [1.807, 2.05) is 24.3 Å². The fourth-order valence-corrected chi connectivity index (χ4v) is 4.75. The third-order valence-electron chi connectivity index (χ3n) is 5.25. The molecule has 0 bridgehead atoms. The summed E-state index contributed by atoms with van der Waals surface area (Å²) in [6, 6.07) is 14.5. The number of halogens is 1. The van der Waals surface area contributed by atoms with E-state index in [9.17, 15) is 4.79 Å². The van der Waals surface area contributed by atoms with Gasteiger partial charge in [0.2, 0.25) is 5.91 Å². The molecular formula is C23H28ClNOS. The zero-order chi connectivity index (χ0) is 19.2. The average Bonchev–Trinajstić information content (AvgIpc) is 2.71. The molecule has 144 valence electrons. The van der Waals surface area contributed by atoms with Gasteiger partial charge in [-0.1, -0.05) is 43.6 Å². The number of benzene rings is 2. The highest BCUT2D eigenvalue weighted by molar-refractivity contribution is 8.00. The van der Waals surface area contributed by atoms with Crippen molar-refractivity contribution in [2.75, 3.05) is 0 Å². The van der Waals surface area contributed by atoms with Crippen LogP contribution in [0, 0.1) is 0 Å². The Balaban J connectivity index is 1.68. The van der Waals surface area contributed by atoms with Crippen molar-refractivity contribution < 1.29 is 4.79 Å². The van der Waals surface area contributed by atoms with E-state index in [1.165, 1.54) is 36.0 Å². The molecule has 0 radical (unpaired) electrons. The summed E-state index contributed by atoms with van der Waals surface area (Å²) < 4.78 is 0. The molecule has 2 atom stereocenters. The highest BCUT2D eigenvalue weighted by Gasteiger charge is 2.22. The van der Waals surface area contributed by atoms with Gasteiger partial charge >= 0.3 is 0 Å². The van der Waals surface area contributed by atoms with Crippen LogP contribution in [0.2, 0.25) is 5.02 Å². The lowest BCUT2D eigenvalue weighted by Gasteiger charge is -2.23. The lowest BCUT2D eigenvalue weighted by Crippen LogP contribution is -2.35. The van der Waals surface area contributed by atoms with Crippen LogP contribution in [-0.2, 0) is 17.6 Å². The first-order chi connectivity index (χ1) is 13.1. The number of hydrogen-bond acceptors (Lipinski definition) is 2. The normalized spacial score (nSPS) is 15.7. The van der Waals surface area contributed by atoms with Crippen LogP contribution in [0.1, 0.15) is 62.3 Å². The third kappa shape index (κ3) is 5.30. The minimum atomic E-state index is -0.0992. The standard InChI is InChI=1S/C23H28ClNOS/c1-3-21(18-10-9-16-7-5-6-8-17(16)15-18)25-23(26)22(4-2)27-20-13-11-19(24)12-14-20/h9-15,21-22H,3-8H2,1-2H3,(H,25,26)/t21-,22-/m1/s1. The number of nitrogens with one attached hydrogen (secondary N) is 1. The van der Waals surface area contributed by atoms with Crippen molar-refractivity contribution >= 4 is 29.3 Å². The molecule has 0 unspecified atom stereocenters. The number of carbonyl (C=O) groups is 1. The van der Waals surface area contributed by atoms with E-state index in [1.54, 1.807) is 11.8 Å². The Kier molecular flexibility index (Phi) is 7.26. The Morgan fingerprint density at radius 1 is 1.04 bits per heavy atom. The Bertz CT molecular complexity index is 774. The number of thioether (sulfide) groups is 1. The van der Waals surface area contributed by atoms with Gasteiger partial charge in [0.05, 0.1) is 11.3 Å². The van der Waals surface area contributed by atoms with E-state index in [0.717, 1.165) is 29.2 Å². The SMILES string of the molecule is CC[C@@H](Sc1ccc(Cl)cc1)C(=O)N[C@H](CC)c1ccc2c(c1)CCCC2. The maximum Gasteiger partial charge on any atom is 0.233 e. The van der Waals surface area contributed by atoms with E-state index < -0.39 is 0 Å². The van der Waals surface area contributed by atoms with Crippen LogP contribution in [0.4, 0.5) is 0 Å². The average molecular weight is 402 g/mol. The van der Waals surface area contributed by atoms with E-state index in [2.05, 4.69) is 37.4 Å². The van der Waals surface area contributed by atoms with E-state index in [4.69, 9.17) is 11.6 Å². The summed E-state index contributed by atoms with van der Waals surface area (Å²) >= 11 is 7.57. The molecular weight excluding hydrogens is 374 g/mol. The zero-order valence-corrected chi connectivity index (χ0v) is 17.7. The van der Waals surface area contributed by atoms with Crippen molar-refractivity contribution in [1.29, 1.82) is 0 Å². The second kappa shape index (κ2) is 9.66. The quantitative estimate of drug-likeness (QED) is 0.547. The van der Waals surface area contributed by atoms with Gasteiger partial charge in [-0.3, -0.25) is 4.79 Å². The second-order valence-electron chi connectivity index (χ2n) is 7.17. The summed E-state index contributed by atoms with van der Waals surface area (Å²) in [5, 5.41) is 3.91. The molecule has 1 aliphatic rings. The molecule has 2 aromatic rings. The fraction of sp³-hybridized carbons (Fsp3) is 0.435. The Labute approximate surface area is 172 Å². The first-order valence-electron chi connectivity index (χ1n) is 9.95. The molecule has 1 aliphatic carbocycles. The van der Waals surface area contributed by atoms with Crippen molar-refractivity contribution in [3.05, 3.63) is 64.2 Å². The number of rotatable bonds is 7. The van der Waals surface area contributed by atoms with Crippen LogP contribution in [-0.4, -0.2) is 11.2 Å². The summed E-state index contributed by atoms with van der Waals surface area (Å²) in [5.41, 5.74) is 4.18. The largest absolute Gasteiger partial charge is 0.348 e. The summed E-state index contributed by atoms with van der Waals surface area (Å²) in [6.07, 6.45) is 6.61. The van der Waals surface area contributed by atoms with Gasteiger partial charge in [0, 0.05) is 9.92 Å². The topological polar surface area (TPSA) is 29.1 Å². The lowest BCUT2D eigenvalue weighted by molar-refractivity contribution is -0.121. The fourth-order valence-electron chi connectivity index (χ4n) is 3.66. The predicted octanol–water partition coefficient (Wildman–Crippen LogP) is 6.36. The highest BCUT2D eigenvalue weighted by atomic mass is 35.5. The molecule has 0 aliphatic heterocycles. The minimum Gasteiger partial charge on any atom is -0.348 e. The first-order valence-corrected chi connectivity index (χ1v) is 11.2. The van der Waals surface area contributed by atoms with Gasteiger partial charge in [0.25, 0.3) is 0 Å². The molecule has 2 nitrogen and oxygen atoms in total. The molecule has 3 rings (SSSR count). The van der Waals surface area contributed by atoms with Crippen molar-refractivity contribution in [1.82, 2.24) is 5.32 Å². The van der Waals surface area contributed by atoms with Gasteiger partial charge < -0.3 is 5.32 Å². The van der Waals surface area contributed by atoms with Crippen LogP contribution in [0.15, 0.2) is 47.4 Å². The molecule has 0 saturated carbocycles. The first kappa shape index (κ1) is 20.3. The molecule has 27 heavy (non-hydrogen) atoms. The molecule has 2 aromatic carbocycles. The number of fused-ring (bicyclic) bond motifs is 1. The summed E-state index contributed by atoms with van der Waals surface area (Å²) in [5.74, 6) is 0.113. The van der Waals surface area contributed by atoms with Crippen molar-refractivity contribution in [2.24, 2.45) is 0 Å². The number of hydrogen-bond donors (Lipinski definition) is 1. The Morgan fingerprint density at radius 3 is 2.41 bits per heavy atom.